The average molecular weight is 856 g/mol. The second-order valence-electron chi connectivity index (χ2n) is 17.6. The second-order valence-corrected chi connectivity index (χ2v) is 17.6. The van der Waals surface area contributed by atoms with Crippen LogP contribution in [-0.4, -0.2) is 58.3 Å². The summed E-state index contributed by atoms with van der Waals surface area (Å²) in [5.41, 5.74) is 0.0369. The third-order valence-electron chi connectivity index (χ3n) is 13.0. The Hall–Kier alpha value is -3.90. The molecule has 3 unspecified atom stereocenters. The largest absolute Gasteiger partial charge is 0.480 e. The quantitative estimate of drug-likeness (QED) is 0.0361. The van der Waals surface area contributed by atoms with Crippen molar-refractivity contribution >= 4 is 23.8 Å². The molecule has 2 saturated carbocycles. The van der Waals surface area contributed by atoms with E-state index in [0.29, 0.717) is 44.2 Å². The fourth-order valence-corrected chi connectivity index (χ4v) is 8.87. The first kappa shape index (κ1) is 51.5. The van der Waals surface area contributed by atoms with Crippen molar-refractivity contribution in [3.05, 3.63) is 70.3 Å². The number of benzene rings is 2. The molecule has 0 saturated heterocycles. The zero-order valence-electron chi connectivity index (χ0n) is 37.2. The predicted molar refractivity (Wildman–Crippen MR) is 236 cm³/mol. The van der Waals surface area contributed by atoms with Crippen LogP contribution in [0.5, 0.6) is 0 Å². The SMILES string of the molecule is CCCCCCCCCCc1ccc(CNC2CCC(C(=O)O)(C(=O)NC)C2)cc1.CCCCCCCCCCc1ccc(CNC2CCC(C(=O)O)(C(=O)O)C2)c(F)c1F. The van der Waals surface area contributed by atoms with E-state index in [9.17, 15) is 43.3 Å². The lowest BCUT2D eigenvalue weighted by Gasteiger charge is -2.22. The maximum atomic E-state index is 14.5. The van der Waals surface area contributed by atoms with Gasteiger partial charge in [0.25, 0.3) is 0 Å². The highest BCUT2D eigenvalue weighted by atomic mass is 19.2. The van der Waals surface area contributed by atoms with Gasteiger partial charge in [-0.3, -0.25) is 19.2 Å². The van der Waals surface area contributed by atoms with Crippen LogP contribution in [0.1, 0.15) is 177 Å². The molecular weight excluding hydrogens is 781 g/mol. The number of unbranched alkanes of at least 4 members (excludes halogenated alkanes) is 14. The summed E-state index contributed by atoms with van der Waals surface area (Å²) in [5, 5.41) is 37.1. The summed E-state index contributed by atoms with van der Waals surface area (Å²) in [6.07, 6.45) is 23.3. The summed E-state index contributed by atoms with van der Waals surface area (Å²) in [6.45, 7) is 5.17. The Balaban J connectivity index is 0.000000325. The molecule has 61 heavy (non-hydrogen) atoms. The molecule has 0 aromatic heterocycles. The number of rotatable bonds is 28. The first-order chi connectivity index (χ1) is 29.3. The number of carboxylic acids is 3. The third-order valence-corrected chi connectivity index (χ3v) is 13.0. The molecule has 4 rings (SSSR count). The zero-order chi connectivity index (χ0) is 44.7. The van der Waals surface area contributed by atoms with Crippen molar-refractivity contribution in [1.82, 2.24) is 16.0 Å². The van der Waals surface area contributed by atoms with E-state index in [1.54, 1.807) is 12.1 Å². The third kappa shape index (κ3) is 16.1. The minimum Gasteiger partial charge on any atom is -0.480 e. The van der Waals surface area contributed by atoms with Crippen molar-refractivity contribution in [2.24, 2.45) is 10.8 Å². The number of carboxylic acid groups (broad SMARTS) is 3. The van der Waals surface area contributed by atoms with E-state index in [-0.39, 0.29) is 42.9 Å². The maximum Gasteiger partial charge on any atom is 0.321 e. The van der Waals surface area contributed by atoms with Crippen LogP contribution in [-0.2, 0) is 45.1 Å². The molecule has 0 radical (unpaired) electrons. The predicted octanol–water partition coefficient (Wildman–Crippen LogP) is 10.3. The fourth-order valence-electron chi connectivity index (χ4n) is 8.87. The number of halogens is 2. The standard InChI is InChI=1S/C25H40N2O3.C24H35F2NO4/c1-3-4-5-6-7-8-9-10-11-20-12-14-21(15-13-20)19-27-22-16-17-25(18-22,24(29)30)23(28)26-2;1-2-3-4-5-6-7-8-9-10-17-11-12-18(21(26)20(17)25)16-27-19-13-14-24(15-19,22(28)29)23(30)31/h12-15,22,27H,3-11,16-19H2,1-2H3,(H,26,28)(H,29,30);11-12,19,27H,2-10,13-16H2,1H3,(H,28,29)(H,30,31). The smallest absolute Gasteiger partial charge is 0.321 e. The highest BCUT2D eigenvalue weighted by Crippen LogP contribution is 2.40. The molecule has 2 aromatic carbocycles. The second kappa shape index (κ2) is 27.2. The number of aryl methyl sites for hydroxylation is 2. The number of amides is 1. The van der Waals surface area contributed by atoms with E-state index in [2.05, 4.69) is 54.1 Å². The van der Waals surface area contributed by atoms with Crippen LogP contribution in [0.2, 0.25) is 0 Å². The number of carbonyl (C=O) groups excluding carboxylic acids is 1. The minimum absolute atomic E-state index is 0.0176. The lowest BCUT2D eigenvalue weighted by atomic mass is 9.85. The van der Waals surface area contributed by atoms with Gasteiger partial charge in [-0.2, -0.15) is 0 Å². The first-order valence-corrected chi connectivity index (χ1v) is 23.3. The molecule has 2 aliphatic carbocycles. The van der Waals surface area contributed by atoms with Gasteiger partial charge in [0.1, 0.15) is 5.41 Å². The number of nitrogens with one attached hydrogen (secondary N) is 3. The molecule has 12 heteroatoms. The van der Waals surface area contributed by atoms with Crippen molar-refractivity contribution < 1.29 is 43.3 Å². The summed E-state index contributed by atoms with van der Waals surface area (Å²) in [6, 6.07) is 11.6. The molecule has 3 atom stereocenters. The number of carbonyl (C=O) groups is 4. The van der Waals surface area contributed by atoms with Crippen molar-refractivity contribution in [2.75, 3.05) is 7.05 Å². The first-order valence-electron chi connectivity index (χ1n) is 23.3. The van der Waals surface area contributed by atoms with Gasteiger partial charge in [-0.05, 0) is 80.9 Å². The highest BCUT2D eigenvalue weighted by molar-refractivity contribution is 6.02. The van der Waals surface area contributed by atoms with Crippen molar-refractivity contribution in [3.8, 4) is 0 Å². The number of hydrogen-bond acceptors (Lipinski definition) is 6. The average Bonchev–Trinajstić information content (AvgIpc) is 3.91. The Bertz CT molecular complexity index is 1640. The monoisotopic (exact) mass is 856 g/mol. The molecule has 0 heterocycles. The van der Waals surface area contributed by atoms with E-state index in [0.717, 1.165) is 25.7 Å². The van der Waals surface area contributed by atoms with Gasteiger partial charge >= 0.3 is 17.9 Å². The molecule has 1 amide bonds. The van der Waals surface area contributed by atoms with Gasteiger partial charge in [-0.1, -0.05) is 140 Å². The molecule has 2 aromatic rings. The molecule has 2 fully saturated rings. The van der Waals surface area contributed by atoms with Crippen LogP contribution in [0, 0.1) is 22.5 Å². The molecule has 0 aliphatic heterocycles. The van der Waals surface area contributed by atoms with Gasteiger partial charge < -0.3 is 31.3 Å². The molecule has 2 aliphatic rings. The summed E-state index contributed by atoms with van der Waals surface area (Å²) >= 11 is 0. The van der Waals surface area contributed by atoms with Crippen LogP contribution < -0.4 is 16.0 Å². The molecule has 0 bridgehead atoms. The minimum atomic E-state index is -1.80. The van der Waals surface area contributed by atoms with Crippen molar-refractivity contribution in [3.63, 3.8) is 0 Å². The maximum absolute atomic E-state index is 14.5. The molecule has 6 N–H and O–H groups in total. The Kier molecular flexibility index (Phi) is 23.0. The number of aliphatic carboxylic acids is 3. The fraction of sp³-hybridized carbons (Fsp3) is 0.673. The van der Waals surface area contributed by atoms with E-state index in [4.69, 9.17) is 0 Å². The van der Waals surface area contributed by atoms with Crippen LogP contribution >= 0.6 is 0 Å². The van der Waals surface area contributed by atoms with Gasteiger partial charge in [-0.25, -0.2) is 8.78 Å². The lowest BCUT2D eigenvalue weighted by molar-refractivity contribution is -0.164. The lowest BCUT2D eigenvalue weighted by Crippen LogP contribution is -2.44. The van der Waals surface area contributed by atoms with Crippen LogP contribution in [0.4, 0.5) is 8.78 Å². The van der Waals surface area contributed by atoms with Gasteiger partial charge in [0.15, 0.2) is 17.0 Å². The zero-order valence-corrected chi connectivity index (χ0v) is 37.2. The van der Waals surface area contributed by atoms with Crippen LogP contribution in [0.3, 0.4) is 0 Å². The molecule has 10 nitrogen and oxygen atoms in total. The Morgan fingerprint density at radius 2 is 0.967 bits per heavy atom. The van der Waals surface area contributed by atoms with Crippen molar-refractivity contribution in [1.29, 1.82) is 0 Å². The molecule has 342 valence electrons. The van der Waals surface area contributed by atoms with E-state index >= 15 is 0 Å². The Labute approximate surface area is 363 Å². The van der Waals surface area contributed by atoms with E-state index < -0.39 is 40.4 Å². The highest BCUT2D eigenvalue weighted by Gasteiger charge is 2.52. The van der Waals surface area contributed by atoms with Gasteiger partial charge in [0.2, 0.25) is 5.91 Å². The van der Waals surface area contributed by atoms with Gasteiger partial charge in [0.05, 0.1) is 0 Å². The molecule has 0 spiro atoms. The summed E-state index contributed by atoms with van der Waals surface area (Å²) in [5.74, 6) is -5.82. The van der Waals surface area contributed by atoms with E-state index in [1.165, 1.54) is 102 Å². The Morgan fingerprint density at radius 1 is 0.557 bits per heavy atom. The summed E-state index contributed by atoms with van der Waals surface area (Å²) < 4.78 is 28.9. The van der Waals surface area contributed by atoms with Crippen LogP contribution in [0.25, 0.3) is 0 Å². The van der Waals surface area contributed by atoms with Gasteiger partial charge in [-0.15, -0.1) is 0 Å². The molecular formula is C49H75F2N3O7. The Morgan fingerprint density at radius 3 is 1.46 bits per heavy atom. The summed E-state index contributed by atoms with van der Waals surface area (Å²) in [4.78, 5) is 46.6. The summed E-state index contributed by atoms with van der Waals surface area (Å²) in [7, 11) is 1.50. The normalized spacial score (nSPS) is 19.3. The van der Waals surface area contributed by atoms with Crippen molar-refractivity contribution in [2.45, 2.75) is 193 Å². The number of hydrogen-bond donors (Lipinski definition) is 6. The van der Waals surface area contributed by atoms with Crippen LogP contribution in [0.15, 0.2) is 36.4 Å². The van der Waals surface area contributed by atoms with E-state index in [1.807, 2.05) is 0 Å². The van der Waals surface area contributed by atoms with Gasteiger partial charge in [0, 0.05) is 37.8 Å². The topological polar surface area (TPSA) is 165 Å².